The predicted octanol–water partition coefficient (Wildman–Crippen LogP) is -0.118. The smallest absolute Gasteiger partial charge is 0.305 e. The summed E-state index contributed by atoms with van der Waals surface area (Å²) in [5, 5.41) is 18.5. The molecule has 0 amide bonds. The Balaban J connectivity index is 2.82. The Morgan fingerprint density at radius 1 is 1.62 bits per heavy atom. The quantitative estimate of drug-likeness (QED) is 0.309. The van der Waals surface area contributed by atoms with E-state index in [0.717, 1.165) is 0 Å². The summed E-state index contributed by atoms with van der Waals surface area (Å²) >= 11 is 0. The maximum Gasteiger partial charge on any atom is 0.305 e. The van der Waals surface area contributed by atoms with E-state index in [1.807, 2.05) is 0 Å². The Kier molecular flexibility index (Phi) is 4.14. The van der Waals surface area contributed by atoms with Gasteiger partial charge in [0.1, 0.15) is 0 Å². The van der Waals surface area contributed by atoms with Crippen LogP contribution in [0.2, 0.25) is 0 Å². The maximum absolute atomic E-state index is 9.66. The van der Waals surface area contributed by atoms with Crippen molar-refractivity contribution in [1.82, 2.24) is 0 Å². The standard InChI is InChI=1S/C3H6O5/c4-3(5)1-2-7-8-6/h6H,1-2H2,(H,4,5). The van der Waals surface area contributed by atoms with Crippen molar-refractivity contribution in [2.75, 3.05) is 6.61 Å². The second-order valence-electron chi connectivity index (χ2n) is 1.04. The lowest BCUT2D eigenvalue weighted by Gasteiger charge is -1.90. The molecule has 0 atom stereocenters. The van der Waals surface area contributed by atoms with Gasteiger partial charge in [-0.15, -0.1) is 0 Å². The normalized spacial score (nSPS) is 9.12. The fourth-order valence-corrected chi connectivity index (χ4v) is 0.166. The third-order valence-electron chi connectivity index (χ3n) is 0.452. The monoisotopic (exact) mass is 122 g/mol. The van der Waals surface area contributed by atoms with Crippen LogP contribution in [0.25, 0.3) is 0 Å². The summed E-state index contributed by atoms with van der Waals surface area (Å²) in [6.45, 7) is -0.147. The number of hydrogen-bond donors (Lipinski definition) is 2. The molecule has 5 heteroatoms. The molecule has 0 aromatic rings. The Hall–Kier alpha value is -0.650. The summed E-state index contributed by atoms with van der Waals surface area (Å²) in [5.74, 6) is -0.998. The van der Waals surface area contributed by atoms with Gasteiger partial charge in [-0.1, -0.05) is 5.04 Å². The first-order valence-electron chi connectivity index (χ1n) is 1.92. The van der Waals surface area contributed by atoms with Crippen molar-refractivity contribution < 1.29 is 25.1 Å². The molecule has 0 aliphatic heterocycles. The Morgan fingerprint density at radius 2 is 2.25 bits per heavy atom. The average Bonchev–Trinajstić information content (AvgIpc) is 1.66. The lowest BCUT2D eigenvalue weighted by molar-refractivity contribution is -0.490. The van der Waals surface area contributed by atoms with Crippen LogP contribution in [0.5, 0.6) is 0 Å². The molecule has 0 fully saturated rings. The minimum absolute atomic E-state index is 0.147. The van der Waals surface area contributed by atoms with E-state index in [4.69, 9.17) is 10.4 Å². The summed E-state index contributed by atoms with van der Waals surface area (Å²) in [5.41, 5.74) is 0. The van der Waals surface area contributed by atoms with Crippen molar-refractivity contribution in [2.45, 2.75) is 6.42 Å². The van der Waals surface area contributed by atoms with Crippen LogP contribution in [0.3, 0.4) is 0 Å². The highest BCUT2D eigenvalue weighted by Gasteiger charge is 1.94. The van der Waals surface area contributed by atoms with Crippen molar-refractivity contribution in [3.8, 4) is 0 Å². The average molecular weight is 122 g/mol. The van der Waals surface area contributed by atoms with Crippen molar-refractivity contribution in [3.05, 3.63) is 0 Å². The van der Waals surface area contributed by atoms with Crippen LogP contribution in [0, 0.1) is 0 Å². The largest absolute Gasteiger partial charge is 0.481 e. The van der Waals surface area contributed by atoms with Crippen LogP contribution in [0.4, 0.5) is 0 Å². The zero-order valence-corrected chi connectivity index (χ0v) is 4.03. The fourth-order valence-electron chi connectivity index (χ4n) is 0.166. The molecule has 0 saturated heterocycles. The van der Waals surface area contributed by atoms with E-state index in [1.54, 1.807) is 0 Å². The molecule has 0 unspecified atom stereocenters. The minimum Gasteiger partial charge on any atom is -0.481 e. The topological polar surface area (TPSA) is 76.0 Å². The molecule has 8 heavy (non-hydrogen) atoms. The lowest BCUT2D eigenvalue weighted by Crippen LogP contribution is -2.01. The van der Waals surface area contributed by atoms with Crippen LogP contribution in [0.1, 0.15) is 6.42 Å². The molecular weight excluding hydrogens is 116 g/mol. The van der Waals surface area contributed by atoms with E-state index >= 15 is 0 Å². The zero-order valence-electron chi connectivity index (χ0n) is 4.03. The van der Waals surface area contributed by atoms with Crippen LogP contribution in [0.15, 0.2) is 0 Å². The van der Waals surface area contributed by atoms with Gasteiger partial charge in [0.25, 0.3) is 0 Å². The van der Waals surface area contributed by atoms with E-state index in [0.29, 0.717) is 0 Å². The van der Waals surface area contributed by atoms with Gasteiger partial charge < -0.3 is 5.11 Å². The third-order valence-corrected chi connectivity index (χ3v) is 0.452. The third kappa shape index (κ3) is 5.35. The minimum atomic E-state index is -0.998. The Labute approximate surface area is 45.3 Å². The first-order chi connectivity index (χ1) is 3.77. The molecule has 0 aromatic heterocycles. The van der Waals surface area contributed by atoms with Gasteiger partial charge in [-0.25, -0.2) is 10.1 Å². The van der Waals surface area contributed by atoms with Gasteiger partial charge in [0.05, 0.1) is 13.0 Å². The molecule has 0 radical (unpaired) electrons. The molecule has 0 bridgehead atoms. The number of carbonyl (C=O) groups is 1. The summed E-state index contributed by atoms with van der Waals surface area (Å²) in [6, 6.07) is 0. The van der Waals surface area contributed by atoms with Gasteiger partial charge in [0.2, 0.25) is 0 Å². The SMILES string of the molecule is O=C(O)CCOOO. The van der Waals surface area contributed by atoms with Crippen molar-refractivity contribution >= 4 is 5.97 Å². The van der Waals surface area contributed by atoms with E-state index < -0.39 is 5.97 Å². The highest BCUT2D eigenvalue weighted by molar-refractivity contribution is 5.66. The van der Waals surface area contributed by atoms with Gasteiger partial charge in [-0.3, -0.25) is 4.79 Å². The van der Waals surface area contributed by atoms with E-state index in [-0.39, 0.29) is 13.0 Å². The zero-order chi connectivity index (χ0) is 6.41. The van der Waals surface area contributed by atoms with Gasteiger partial charge in [-0.2, -0.15) is 0 Å². The molecule has 0 rings (SSSR count). The number of carboxylic acid groups (broad SMARTS) is 1. The van der Waals surface area contributed by atoms with Crippen LogP contribution >= 0.6 is 0 Å². The first kappa shape index (κ1) is 7.35. The van der Waals surface area contributed by atoms with E-state index in [9.17, 15) is 4.79 Å². The van der Waals surface area contributed by atoms with E-state index in [1.165, 1.54) is 0 Å². The number of aliphatic carboxylic acids is 1. The molecule has 48 valence electrons. The number of rotatable bonds is 4. The summed E-state index contributed by atoms with van der Waals surface area (Å²) in [7, 11) is 0. The number of carboxylic acids is 1. The van der Waals surface area contributed by atoms with Crippen molar-refractivity contribution in [3.63, 3.8) is 0 Å². The predicted molar refractivity (Wildman–Crippen MR) is 21.9 cm³/mol. The van der Waals surface area contributed by atoms with Gasteiger partial charge in [0.15, 0.2) is 0 Å². The summed E-state index contributed by atoms with van der Waals surface area (Å²) < 4.78 is 0. The molecule has 0 aliphatic carbocycles. The van der Waals surface area contributed by atoms with Gasteiger partial charge in [0, 0.05) is 0 Å². The van der Waals surface area contributed by atoms with E-state index in [2.05, 4.69) is 9.93 Å². The van der Waals surface area contributed by atoms with Gasteiger partial charge >= 0.3 is 5.97 Å². The number of hydrogen-bond acceptors (Lipinski definition) is 4. The van der Waals surface area contributed by atoms with Crippen molar-refractivity contribution in [1.29, 1.82) is 0 Å². The summed E-state index contributed by atoms with van der Waals surface area (Å²) in [4.78, 5) is 13.5. The molecule has 2 N–H and O–H groups in total. The second-order valence-corrected chi connectivity index (χ2v) is 1.04. The fraction of sp³-hybridized carbons (Fsp3) is 0.667. The Morgan fingerprint density at radius 3 is 2.62 bits per heavy atom. The van der Waals surface area contributed by atoms with Gasteiger partial charge in [-0.05, 0) is 0 Å². The van der Waals surface area contributed by atoms with Crippen LogP contribution in [-0.2, 0) is 14.7 Å². The molecular formula is C3H6O5. The van der Waals surface area contributed by atoms with Crippen molar-refractivity contribution in [2.24, 2.45) is 0 Å². The maximum atomic E-state index is 9.66. The molecule has 0 aromatic carbocycles. The second kappa shape index (κ2) is 4.51. The molecule has 0 saturated carbocycles. The highest BCUT2D eigenvalue weighted by Crippen LogP contribution is 1.80. The summed E-state index contributed by atoms with van der Waals surface area (Å²) in [6.07, 6.45) is -0.180. The highest BCUT2D eigenvalue weighted by atomic mass is 17.5. The Bertz CT molecular complexity index is 70.1. The molecule has 5 nitrogen and oxygen atoms in total. The molecule has 0 aliphatic rings. The molecule has 0 spiro atoms. The first-order valence-corrected chi connectivity index (χ1v) is 1.92. The van der Waals surface area contributed by atoms with Crippen LogP contribution in [-0.4, -0.2) is 22.9 Å². The molecule has 0 heterocycles. The lowest BCUT2D eigenvalue weighted by atomic mass is 10.5. The van der Waals surface area contributed by atoms with Crippen LogP contribution < -0.4 is 0 Å².